The maximum absolute atomic E-state index is 12.1. The van der Waals surface area contributed by atoms with E-state index in [-0.39, 0.29) is 5.91 Å². The molecule has 1 rings (SSSR count). The quantitative estimate of drug-likeness (QED) is 0.744. The first-order valence-electron chi connectivity index (χ1n) is 6.85. The molecule has 19 heavy (non-hydrogen) atoms. The van der Waals surface area contributed by atoms with Gasteiger partial charge in [0.05, 0.1) is 5.56 Å². The molecule has 1 aromatic rings. The molecule has 0 heterocycles. The van der Waals surface area contributed by atoms with Gasteiger partial charge in [0.25, 0.3) is 5.91 Å². The van der Waals surface area contributed by atoms with Crippen LogP contribution in [0, 0.1) is 10.5 Å². The molecule has 0 radical (unpaired) electrons. The van der Waals surface area contributed by atoms with Crippen LogP contribution >= 0.6 is 22.6 Å². The number of rotatable bonds is 7. The zero-order chi connectivity index (χ0) is 14.3. The van der Waals surface area contributed by atoms with Gasteiger partial charge < -0.3 is 10.2 Å². The number of carbonyl (C=O) groups excluding carboxylic acids is 1. The second-order valence-corrected chi connectivity index (χ2v) is 5.71. The van der Waals surface area contributed by atoms with Crippen LogP contribution in [0.1, 0.15) is 36.2 Å². The van der Waals surface area contributed by atoms with E-state index < -0.39 is 0 Å². The van der Waals surface area contributed by atoms with E-state index in [0.29, 0.717) is 6.54 Å². The van der Waals surface area contributed by atoms with Gasteiger partial charge in [0, 0.05) is 16.7 Å². The summed E-state index contributed by atoms with van der Waals surface area (Å²) >= 11 is 2.23. The van der Waals surface area contributed by atoms with Crippen LogP contribution in [0.5, 0.6) is 0 Å². The SMILES string of the molecule is CCCN(CC)CCNC(=O)c1cccc(C)c1I. The Morgan fingerprint density at radius 2 is 2.05 bits per heavy atom. The summed E-state index contributed by atoms with van der Waals surface area (Å²) in [6.45, 7) is 10.1. The van der Waals surface area contributed by atoms with Crippen molar-refractivity contribution in [2.24, 2.45) is 0 Å². The van der Waals surface area contributed by atoms with Gasteiger partial charge in [0.2, 0.25) is 0 Å². The Balaban J connectivity index is 2.49. The van der Waals surface area contributed by atoms with Crippen molar-refractivity contribution in [2.45, 2.75) is 27.2 Å². The molecule has 4 heteroatoms. The number of nitrogens with one attached hydrogen (secondary N) is 1. The first-order valence-corrected chi connectivity index (χ1v) is 7.93. The molecule has 0 saturated heterocycles. The molecule has 0 unspecified atom stereocenters. The molecule has 0 aliphatic carbocycles. The Kier molecular flexibility index (Phi) is 7.38. The van der Waals surface area contributed by atoms with Crippen molar-refractivity contribution in [3.63, 3.8) is 0 Å². The zero-order valence-electron chi connectivity index (χ0n) is 12.0. The van der Waals surface area contributed by atoms with Crippen molar-refractivity contribution in [1.82, 2.24) is 10.2 Å². The maximum Gasteiger partial charge on any atom is 0.252 e. The van der Waals surface area contributed by atoms with Crippen LogP contribution in [0.25, 0.3) is 0 Å². The van der Waals surface area contributed by atoms with Gasteiger partial charge in [-0.25, -0.2) is 0 Å². The van der Waals surface area contributed by atoms with Crippen molar-refractivity contribution in [3.8, 4) is 0 Å². The highest BCUT2D eigenvalue weighted by molar-refractivity contribution is 14.1. The van der Waals surface area contributed by atoms with Gasteiger partial charge in [-0.1, -0.05) is 26.0 Å². The average molecular weight is 374 g/mol. The minimum absolute atomic E-state index is 0.0284. The summed E-state index contributed by atoms with van der Waals surface area (Å²) in [6, 6.07) is 5.84. The van der Waals surface area contributed by atoms with E-state index in [1.807, 2.05) is 25.1 Å². The molecule has 1 N–H and O–H groups in total. The fourth-order valence-corrected chi connectivity index (χ4v) is 2.59. The summed E-state index contributed by atoms with van der Waals surface area (Å²) in [6.07, 6.45) is 1.15. The first-order chi connectivity index (χ1) is 9.10. The molecule has 0 fully saturated rings. The summed E-state index contributed by atoms with van der Waals surface area (Å²) < 4.78 is 1.04. The smallest absolute Gasteiger partial charge is 0.252 e. The Morgan fingerprint density at radius 3 is 2.68 bits per heavy atom. The van der Waals surface area contributed by atoms with E-state index in [9.17, 15) is 4.79 Å². The second-order valence-electron chi connectivity index (χ2n) is 4.63. The van der Waals surface area contributed by atoms with Gasteiger partial charge in [-0.3, -0.25) is 4.79 Å². The Morgan fingerprint density at radius 1 is 1.32 bits per heavy atom. The number of carbonyl (C=O) groups is 1. The van der Waals surface area contributed by atoms with E-state index in [1.165, 1.54) is 0 Å². The minimum Gasteiger partial charge on any atom is -0.351 e. The Hall–Kier alpha value is -0.620. The predicted molar refractivity (Wildman–Crippen MR) is 88.6 cm³/mol. The molecule has 0 bridgehead atoms. The number of benzene rings is 1. The topological polar surface area (TPSA) is 32.3 Å². The van der Waals surface area contributed by atoms with Crippen molar-refractivity contribution in [1.29, 1.82) is 0 Å². The monoisotopic (exact) mass is 374 g/mol. The van der Waals surface area contributed by atoms with Crippen LogP contribution in [-0.4, -0.2) is 37.0 Å². The highest BCUT2D eigenvalue weighted by atomic mass is 127. The van der Waals surface area contributed by atoms with E-state index in [1.54, 1.807) is 0 Å². The summed E-state index contributed by atoms with van der Waals surface area (Å²) in [7, 11) is 0. The summed E-state index contributed by atoms with van der Waals surface area (Å²) in [5, 5.41) is 3.00. The van der Waals surface area contributed by atoms with Crippen LogP contribution in [-0.2, 0) is 0 Å². The molecule has 0 aromatic heterocycles. The van der Waals surface area contributed by atoms with Crippen molar-refractivity contribution < 1.29 is 4.79 Å². The van der Waals surface area contributed by atoms with Crippen molar-refractivity contribution in [3.05, 3.63) is 32.9 Å². The lowest BCUT2D eigenvalue weighted by Gasteiger charge is -2.19. The largest absolute Gasteiger partial charge is 0.351 e. The highest BCUT2D eigenvalue weighted by Crippen LogP contribution is 2.16. The molecular formula is C15H23IN2O. The first kappa shape index (κ1) is 16.4. The van der Waals surface area contributed by atoms with Crippen LogP contribution in [0.3, 0.4) is 0 Å². The number of aryl methyl sites for hydroxylation is 1. The Bertz CT molecular complexity index is 421. The fourth-order valence-electron chi connectivity index (χ4n) is 1.99. The number of likely N-dealkylation sites (N-methyl/N-ethyl adjacent to an activating group) is 1. The van der Waals surface area contributed by atoms with Gasteiger partial charge >= 0.3 is 0 Å². The summed E-state index contributed by atoms with van der Waals surface area (Å²) in [4.78, 5) is 14.5. The Labute approximate surface area is 129 Å². The van der Waals surface area contributed by atoms with E-state index in [0.717, 1.165) is 40.8 Å². The molecule has 1 amide bonds. The third kappa shape index (κ3) is 5.10. The summed E-state index contributed by atoms with van der Waals surface area (Å²) in [5.41, 5.74) is 1.92. The fraction of sp³-hybridized carbons (Fsp3) is 0.533. The summed E-state index contributed by atoms with van der Waals surface area (Å²) in [5.74, 6) is 0.0284. The van der Waals surface area contributed by atoms with Gasteiger partial charge in [-0.2, -0.15) is 0 Å². The predicted octanol–water partition coefficient (Wildman–Crippen LogP) is 3.06. The molecule has 0 aliphatic heterocycles. The lowest BCUT2D eigenvalue weighted by molar-refractivity contribution is 0.0947. The minimum atomic E-state index is 0.0284. The van der Waals surface area contributed by atoms with Crippen LogP contribution < -0.4 is 5.32 Å². The van der Waals surface area contributed by atoms with Gasteiger partial charge in [-0.15, -0.1) is 0 Å². The van der Waals surface area contributed by atoms with E-state index in [4.69, 9.17) is 0 Å². The lowest BCUT2D eigenvalue weighted by atomic mass is 10.1. The normalized spacial score (nSPS) is 10.8. The molecule has 1 aromatic carbocycles. The molecule has 106 valence electrons. The van der Waals surface area contributed by atoms with E-state index >= 15 is 0 Å². The van der Waals surface area contributed by atoms with Crippen LogP contribution in [0.2, 0.25) is 0 Å². The number of amides is 1. The van der Waals surface area contributed by atoms with Crippen LogP contribution in [0.4, 0.5) is 0 Å². The molecule has 0 atom stereocenters. The number of nitrogens with zero attached hydrogens (tertiary/aromatic N) is 1. The molecule has 3 nitrogen and oxygen atoms in total. The van der Waals surface area contributed by atoms with Gasteiger partial charge in [0.1, 0.15) is 0 Å². The third-order valence-electron chi connectivity index (χ3n) is 3.14. The highest BCUT2D eigenvalue weighted by Gasteiger charge is 2.10. The molecule has 0 saturated carbocycles. The van der Waals surface area contributed by atoms with Crippen molar-refractivity contribution >= 4 is 28.5 Å². The maximum atomic E-state index is 12.1. The third-order valence-corrected chi connectivity index (χ3v) is 4.57. The molecular weight excluding hydrogens is 351 g/mol. The van der Waals surface area contributed by atoms with Gasteiger partial charge in [-0.05, 0) is 60.7 Å². The van der Waals surface area contributed by atoms with Crippen LogP contribution in [0.15, 0.2) is 18.2 Å². The van der Waals surface area contributed by atoms with Gasteiger partial charge in [0.15, 0.2) is 0 Å². The lowest BCUT2D eigenvalue weighted by Crippen LogP contribution is -2.35. The second kappa shape index (κ2) is 8.53. The standard InChI is InChI=1S/C15H23IN2O/c1-4-10-18(5-2)11-9-17-15(19)13-8-6-7-12(3)14(13)16/h6-8H,4-5,9-11H2,1-3H3,(H,17,19). The number of hydrogen-bond acceptors (Lipinski definition) is 2. The zero-order valence-corrected chi connectivity index (χ0v) is 14.2. The molecule has 0 spiro atoms. The average Bonchev–Trinajstić information content (AvgIpc) is 2.40. The van der Waals surface area contributed by atoms with E-state index in [2.05, 4.69) is 46.7 Å². The number of halogens is 1. The molecule has 0 aliphatic rings. The number of hydrogen-bond donors (Lipinski definition) is 1. The van der Waals surface area contributed by atoms with Crippen molar-refractivity contribution in [2.75, 3.05) is 26.2 Å².